The number of rotatable bonds is 4. The Morgan fingerprint density at radius 2 is 1.91 bits per heavy atom. The summed E-state index contributed by atoms with van der Waals surface area (Å²) in [6.45, 7) is 8.69. The van der Waals surface area contributed by atoms with E-state index in [1.54, 1.807) is 6.92 Å². The van der Waals surface area contributed by atoms with Crippen LogP contribution in [-0.4, -0.2) is 43.9 Å². The van der Waals surface area contributed by atoms with Gasteiger partial charge in [0.25, 0.3) is 5.56 Å². The molecule has 7 nitrogen and oxygen atoms in total. The zero-order valence-corrected chi connectivity index (χ0v) is 13.2. The minimum absolute atomic E-state index is 0.239. The molecule has 1 fully saturated rings. The molecule has 1 N–H and O–H groups in total. The third-order valence-electron chi connectivity index (χ3n) is 4.12. The lowest BCUT2D eigenvalue weighted by Gasteiger charge is -2.39. The Balaban J connectivity index is 1.58. The summed E-state index contributed by atoms with van der Waals surface area (Å²) in [6, 6.07) is 3.92. The van der Waals surface area contributed by atoms with Gasteiger partial charge < -0.3 is 4.98 Å². The van der Waals surface area contributed by atoms with Gasteiger partial charge in [-0.1, -0.05) is 0 Å². The number of hydrogen-bond donors (Lipinski definition) is 1. The third-order valence-corrected chi connectivity index (χ3v) is 4.12. The Kier molecular flexibility index (Phi) is 3.74. The standard InChI is InChI=1S/C15H21N5O2/c1-10-7-14(21)19(15(22)16-10)5-4-18-8-13(9-18)20-12(3)6-11(2)17-20/h6-7,13H,4-5,8-9H2,1-3H3,(H,16,22). The molecule has 0 bridgehead atoms. The molecule has 7 heteroatoms. The summed E-state index contributed by atoms with van der Waals surface area (Å²) in [5.74, 6) is 0. The van der Waals surface area contributed by atoms with Crippen molar-refractivity contribution in [2.75, 3.05) is 19.6 Å². The normalized spacial score (nSPS) is 16.0. The topological polar surface area (TPSA) is 75.9 Å². The molecule has 118 valence electrons. The fourth-order valence-electron chi connectivity index (χ4n) is 2.98. The second-order valence-electron chi connectivity index (χ2n) is 6.03. The van der Waals surface area contributed by atoms with Crippen LogP contribution >= 0.6 is 0 Å². The van der Waals surface area contributed by atoms with Crippen molar-refractivity contribution in [2.45, 2.75) is 33.4 Å². The molecular formula is C15H21N5O2. The van der Waals surface area contributed by atoms with Gasteiger partial charge in [-0.15, -0.1) is 0 Å². The first kappa shape index (κ1) is 14.8. The summed E-state index contributed by atoms with van der Waals surface area (Å²) in [5.41, 5.74) is 2.24. The summed E-state index contributed by atoms with van der Waals surface area (Å²) in [4.78, 5) is 28.5. The lowest BCUT2D eigenvalue weighted by Crippen LogP contribution is -2.50. The maximum atomic E-state index is 11.8. The average Bonchev–Trinajstić information content (AvgIpc) is 2.69. The van der Waals surface area contributed by atoms with Crippen molar-refractivity contribution in [3.63, 3.8) is 0 Å². The minimum Gasteiger partial charge on any atom is -0.311 e. The van der Waals surface area contributed by atoms with E-state index in [-0.39, 0.29) is 11.2 Å². The first-order valence-electron chi connectivity index (χ1n) is 7.50. The Hall–Kier alpha value is -2.15. The largest absolute Gasteiger partial charge is 0.328 e. The highest BCUT2D eigenvalue weighted by atomic mass is 16.2. The van der Waals surface area contributed by atoms with Crippen molar-refractivity contribution >= 4 is 0 Å². The summed E-state index contributed by atoms with van der Waals surface area (Å²) >= 11 is 0. The zero-order valence-electron chi connectivity index (χ0n) is 13.2. The molecule has 2 aromatic heterocycles. The molecule has 1 aliphatic heterocycles. The Labute approximate surface area is 128 Å². The van der Waals surface area contributed by atoms with Crippen LogP contribution in [0.3, 0.4) is 0 Å². The molecule has 0 aromatic carbocycles. The Bertz CT molecular complexity index is 764. The van der Waals surface area contributed by atoms with Crippen molar-refractivity contribution in [3.05, 3.63) is 50.1 Å². The second-order valence-corrected chi connectivity index (χ2v) is 6.03. The summed E-state index contributed by atoms with van der Waals surface area (Å²) in [5, 5.41) is 4.50. The first-order chi connectivity index (χ1) is 10.4. The predicted molar refractivity (Wildman–Crippen MR) is 83.2 cm³/mol. The second kappa shape index (κ2) is 5.57. The number of nitrogens with one attached hydrogen (secondary N) is 1. The molecule has 1 saturated heterocycles. The fourth-order valence-corrected chi connectivity index (χ4v) is 2.98. The fraction of sp³-hybridized carbons (Fsp3) is 0.533. The van der Waals surface area contributed by atoms with Gasteiger partial charge in [0, 0.05) is 43.6 Å². The Morgan fingerprint density at radius 1 is 1.18 bits per heavy atom. The van der Waals surface area contributed by atoms with E-state index >= 15 is 0 Å². The highest BCUT2D eigenvalue weighted by Gasteiger charge is 2.29. The van der Waals surface area contributed by atoms with Gasteiger partial charge in [0.05, 0.1) is 11.7 Å². The van der Waals surface area contributed by atoms with Crippen molar-refractivity contribution in [3.8, 4) is 0 Å². The van der Waals surface area contributed by atoms with Crippen LogP contribution < -0.4 is 11.2 Å². The van der Waals surface area contributed by atoms with Gasteiger partial charge in [0.1, 0.15) is 0 Å². The summed E-state index contributed by atoms with van der Waals surface area (Å²) < 4.78 is 3.32. The van der Waals surface area contributed by atoms with Gasteiger partial charge in [-0.3, -0.25) is 18.9 Å². The number of aryl methyl sites for hydroxylation is 3. The van der Waals surface area contributed by atoms with Gasteiger partial charge in [0.2, 0.25) is 0 Å². The molecule has 0 atom stereocenters. The van der Waals surface area contributed by atoms with Crippen LogP contribution in [0.1, 0.15) is 23.1 Å². The zero-order chi connectivity index (χ0) is 15.9. The molecule has 0 unspecified atom stereocenters. The highest BCUT2D eigenvalue weighted by molar-refractivity contribution is 5.09. The number of aromatic amines is 1. The molecular weight excluding hydrogens is 282 g/mol. The highest BCUT2D eigenvalue weighted by Crippen LogP contribution is 2.22. The van der Waals surface area contributed by atoms with Crippen LogP contribution in [0, 0.1) is 20.8 Å². The lowest BCUT2D eigenvalue weighted by molar-refractivity contribution is 0.0923. The number of hydrogen-bond acceptors (Lipinski definition) is 4. The van der Waals surface area contributed by atoms with Gasteiger partial charge >= 0.3 is 5.69 Å². The maximum Gasteiger partial charge on any atom is 0.328 e. The smallest absolute Gasteiger partial charge is 0.311 e. The molecule has 2 aromatic rings. The predicted octanol–water partition coefficient (Wildman–Crippen LogP) is 0.215. The van der Waals surface area contributed by atoms with Gasteiger partial charge in [0.15, 0.2) is 0 Å². The maximum absolute atomic E-state index is 11.8. The van der Waals surface area contributed by atoms with Gasteiger partial charge in [-0.2, -0.15) is 5.10 Å². The molecule has 0 aliphatic carbocycles. The molecule has 0 spiro atoms. The van der Waals surface area contributed by atoms with Gasteiger partial charge in [-0.05, 0) is 26.8 Å². The van der Waals surface area contributed by atoms with E-state index in [2.05, 4.69) is 32.7 Å². The van der Waals surface area contributed by atoms with Crippen molar-refractivity contribution in [2.24, 2.45) is 0 Å². The van der Waals surface area contributed by atoms with Gasteiger partial charge in [-0.25, -0.2) is 4.79 Å². The van der Waals surface area contributed by atoms with Crippen molar-refractivity contribution in [1.29, 1.82) is 0 Å². The molecule has 3 rings (SSSR count). The van der Waals surface area contributed by atoms with E-state index in [1.807, 2.05) is 6.92 Å². The van der Waals surface area contributed by atoms with Crippen molar-refractivity contribution in [1.82, 2.24) is 24.2 Å². The number of aromatic nitrogens is 4. The quantitative estimate of drug-likeness (QED) is 0.876. The monoisotopic (exact) mass is 303 g/mol. The van der Waals surface area contributed by atoms with Crippen molar-refractivity contribution < 1.29 is 0 Å². The van der Waals surface area contributed by atoms with Crippen LogP contribution in [0.2, 0.25) is 0 Å². The van der Waals surface area contributed by atoms with E-state index in [1.165, 1.54) is 16.3 Å². The van der Waals surface area contributed by atoms with Crippen LogP contribution in [0.5, 0.6) is 0 Å². The number of nitrogens with zero attached hydrogens (tertiary/aromatic N) is 4. The molecule has 0 amide bonds. The molecule has 0 saturated carbocycles. The van der Waals surface area contributed by atoms with E-state index in [4.69, 9.17) is 0 Å². The summed E-state index contributed by atoms with van der Waals surface area (Å²) in [7, 11) is 0. The van der Waals surface area contributed by atoms with Crippen LogP contribution in [-0.2, 0) is 6.54 Å². The lowest BCUT2D eigenvalue weighted by atomic mass is 10.1. The van der Waals surface area contributed by atoms with Crippen LogP contribution in [0.15, 0.2) is 21.7 Å². The number of likely N-dealkylation sites (tertiary alicyclic amines) is 1. The summed E-state index contributed by atoms with van der Waals surface area (Å²) in [6.07, 6.45) is 0. The Morgan fingerprint density at radius 3 is 2.50 bits per heavy atom. The molecule has 0 radical (unpaired) electrons. The molecule has 3 heterocycles. The van der Waals surface area contributed by atoms with E-state index < -0.39 is 0 Å². The van der Waals surface area contributed by atoms with Crippen LogP contribution in [0.25, 0.3) is 0 Å². The average molecular weight is 303 g/mol. The van der Waals surface area contributed by atoms with Crippen LogP contribution in [0.4, 0.5) is 0 Å². The first-order valence-corrected chi connectivity index (χ1v) is 7.50. The minimum atomic E-state index is -0.333. The van der Waals surface area contributed by atoms with E-state index in [9.17, 15) is 9.59 Å². The number of H-pyrrole nitrogens is 1. The molecule has 22 heavy (non-hydrogen) atoms. The van der Waals surface area contributed by atoms with E-state index in [0.29, 0.717) is 24.8 Å². The molecule has 1 aliphatic rings. The van der Waals surface area contributed by atoms with E-state index in [0.717, 1.165) is 18.8 Å². The SMILES string of the molecule is Cc1cc(C)n(C2CN(CCn3c(=O)cc(C)[nH]c3=O)C2)n1. The third kappa shape index (κ3) is 2.76.